The Hall–Kier alpha value is -3.32. The second-order valence-corrected chi connectivity index (χ2v) is 8.59. The van der Waals surface area contributed by atoms with Gasteiger partial charge in [-0.3, -0.25) is 9.52 Å². The monoisotopic (exact) mass is 424 g/mol. The number of aryl methyl sites for hydroxylation is 1. The highest BCUT2D eigenvalue weighted by Crippen LogP contribution is 2.27. The van der Waals surface area contributed by atoms with E-state index < -0.39 is 10.0 Å². The summed E-state index contributed by atoms with van der Waals surface area (Å²) in [6, 6.07) is 20.6. The Balaban J connectivity index is 1.87. The lowest BCUT2D eigenvalue weighted by Gasteiger charge is -2.16. The number of ether oxygens (including phenoxy) is 1. The van der Waals surface area contributed by atoms with Gasteiger partial charge in [-0.15, -0.1) is 0 Å². The van der Waals surface area contributed by atoms with Crippen LogP contribution in [-0.4, -0.2) is 21.4 Å². The van der Waals surface area contributed by atoms with Crippen LogP contribution in [0.15, 0.2) is 77.7 Å². The molecular formula is C23H24N2O4S. The molecule has 0 fully saturated rings. The maximum Gasteiger partial charge on any atom is 0.265 e. The van der Waals surface area contributed by atoms with E-state index in [9.17, 15) is 13.2 Å². The van der Waals surface area contributed by atoms with E-state index in [0.29, 0.717) is 5.69 Å². The first-order valence-electron chi connectivity index (χ1n) is 9.43. The number of benzene rings is 3. The van der Waals surface area contributed by atoms with Crippen molar-refractivity contribution in [3.8, 4) is 5.75 Å². The quantitative estimate of drug-likeness (QED) is 0.592. The molecule has 0 aliphatic carbocycles. The van der Waals surface area contributed by atoms with E-state index in [-0.39, 0.29) is 28.2 Å². The summed E-state index contributed by atoms with van der Waals surface area (Å²) < 4.78 is 33.7. The molecule has 30 heavy (non-hydrogen) atoms. The van der Waals surface area contributed by atoms with Crippen molar-refractivity contribution in [2.24, 2.45) is 0 Å². The lowest BCUT2D eigenvalue weighted by Crippen LogP contribution is -2.27. The first-order valence-corrected chi connectivity index (χ1v) is 10.9. The Bertz CT molecular complexity index is 1130. The number of amides is 1. The van der Waals surface area contributed by atoms with Gasteiger partial charge < -0.3 is 10.1 Å². The molecule has 2 N–H and O–H groups in total. The fraction of sp³-hybridized carbons (Fsp3) is 0.174. The van der Waals surface area contributed by atoms with Gasteiger partial charge in [0.15, 0.2) is 0 Å². The van der Waals surface area contributed by atoms with Crippen molar-refractivity contribution in [1.29, 1.82) is 0 Å². The largest absolute Gasteiger partial charge is 0.495 e. The summed E-state index contributed by atoms with van der Waals surface area (Å²) in [7, 11) is -2.57. The highest BCUT2D eigenvalue weighted by molar-refractivity contribution is 7.92. The Kier molecular flexibility index (Phi) is 6.42. The molecule has 3 aromatic carbocycles. The summed E-state index contributed by atoms with van der Waals surface area (Å²) in [5, 5.41) is 2.89. The van der Waals surface area contributed by atoms with Crippen molar-refractivity contribution in [2.75, 3.05) is 11.8 Å². The van der Waals surface area contributed by atoms with E-state index in [4.69, 9.17) is 4.74 Å². The summed E-state index contributed by atoms with van der Waals surface area (Å²) in [5.74, 6) is -0.219. The number of anilines is 1. The summed E-state index contributed by atoms with van der Waals surface area (Å²) in [6.45, 7) is 3.78. The van der Waals surface area contributed by atoms with Gasteiger partial charge in [0.2, 0.25) is 0 Å². The molecule has 3 rings (SSSR count). The minimum Gasteiger partial charge on any atom is -0.495 e. The summed E-state index contributed by atoms with van der Waals surface area (Å²) in [5.41, 5.74) is 2.62. The molecule has 0 heterocycles. The van der Waals surface area contributed by atoms with Crippen molar-refractivity contribution in [3.05, 3.63) is 89.5 Å². The molecular weight excluding hydrogens is 400 g/mol. The predicted molar refractivity (Wildman–Crippen MR) is 117 cm³/mol. The van der Waals surface area contributed by atoms with Crippen LogP contribution in [0.1, 0.15) is 34.5 Å². The third-order valence-corrected chi connectivity index (χ3v) is 6.07. The summed E-state index contributed by atoms with van der Waals surface area (Å²) in [6.07, 6.45) is 0. The maximum absolute atomic E-state index is 13.0. The molecule has 1 amide bonds. The zero-order valence-corrected chi connectivity index (χ0v) is 17.9. The highest BCUT2D eigenvalue weighted by Gasteiger charge is 2.22. The molecule has 0 aromatic heterocycles. The average Bonchev–Trinajstić information content (AvgIpc) is 2.75. The van der Waals surface area contributed by atoms with Gasteiger partial charge >= 0.3 is 0 Å². The smallest absolute Gasteiger partial charge is 0.265 e. The van der Waals surface area contributed by atoms with Crippen LogP contribution in [0.25, 0.3) is 0 Å². The number of hydrogen-bond acceptors (Lipinski definition) is 4. The Morgan fingerprint density at radius 2 is 1.63 bits per heavy atom. The molecule has 0 unspecified atom stereocenters. The lowest BCUT2D eigenvalue weighted by molar-refractivity contribution is 0.0939. The second-order valence-electron chi connectivity index (χ2n) is 6.94. The molecule has 6 nitrogen and oxygen atoms in total. The molecule has 0 saturated heterocycles. The first-order chi connectivity index (χ1) is 14.3. The predicted octanol–water partition coefficient (Wildman–Crippen LogP) is 4.30. The molecule has 0 spiro atoms. The van der Waals surface area contributed by atoms with E-state index in [1.165, 1.54) is 25.3 Å². The molecule has 0 radical (unpaired) electrons. The molecule has 3 aromatic rings. The number of methoxy groups -OCH3 is 1. The number of rotatable bonds is 7. The summed E-state index contributed by atoms with van der Waals surface area (Å²) in [4.78, 5) is 12.6. The molecule has 7 heteroatoms. The zero-order chi connectivity index (χ0) is 21.7. The Labute approximate surface area is 177 Å². The third-order valence-electron chi connectivity index (χ3n) is 4.67. The van der Waals surface area contributed by atoms with Gasteiger partial charge in [0.25, 0.3) is 15.9 Å². The van der Waals surface area contributed by atoms with Crippen molar-refractivity contribution < 1.29 is 17.9 Å². The van der Waals surface area contributed by atoms with Crippen LogP contribution in [0.3, 0.4) is 0 Å². The Morgan fingerprint density at radius 1 is 0.967 bits per heavy atom. The highest BCUT2D eigenvalue weighted by atomic mass is 32.2. The first kappa shape index (κ1) is 21.4. The van der Waals surface area contributed by atoms with Crippen molar-refractivity contribution in [2.45, 2.75) is 24.8 Å². The van der Waals surface area contributed by atoms with Gasteiger partial charge in [-0.25, -0.2) is 8.42 Å². The van der Waals surface area contributed by atoms with Crippen molar-refractivity contribution in [3.63, 3.8) is 0 Å². The van der Waals surface area contributed by atoms with Crippen LogP contribution >= 0.6 is 0 Å². The molecule has 0 saturated carbocycles. The summed E-state index contributed by atoms with van der Waals surface area (Å²) >= 11 is 0. The van der Waals surface area contributed by atoms with Gasteiger partial charge in [-0.2, -0.15) is 0 Å². The SMILES string of the molecule is COc1ccc(C(=O)N[C@H](C)c2ccccc2)cc1S(=O)(=O)Nc1ccc(C)cc1. The standard InChI is InChI=1S/C23H24N2O4S/c1-16-9-12-20(13-10-16)25-30(27,28)22-15-19(11-14-21(22)29-3)23(26)24-17(2)18-7-5-4-6-8-18/h4-15,17,25H,1-3H3,(H,24,26)/t17-/m1/s1. The van der Waals surface area contributed by atoms with Crippen LogP contribution < -0.4 is 14.8 Å². The molecule has 0 aliphatic heterocycles. The number of carbonyl (C=O) groups is 1. The maximum atomic E-state index is 13.0. The van der Waals surface area contributed by atoms with Crippen LogP contribution in [0, 0.1) is 6.92 Å². The number of nitrogens with one attached hydrogen (secondary N) is 2. The number of hydrogen-bond donors (Lipinski definition) is 2. The Morgan fingerprint density at radius 3 is 2.27 bits per heavy atom. The van der Waals surface area contributed by atoms with E-state index in [1.54, 1.807) is 12.1 Å². The number of carbonyl (C=O) groups excluding carboxylic acids is 1. The lowest BCUT2D eigenvalue weighted by atomic mass is 10.1. The van der Waals surface area contributed by atoms with Crippen LogP contribution in [-0.2, 0) is 10.0 Å². The van der Waals surface area contributed by atoms with Gasteiger partial charge in [0.05, 0.1) is 13.2 Å². The minimum absolute atomic E-state index is 0.106. The van der Waals surface area contributed by atoms with Gasteiger partial charge in [-0.1, -0.05) is 48.0 Å². The molecule has 156 valence electrons. The van der Waals surface area contributed by atoms with Crippen LogP contribution in [0.2, 0.25) is 0 Å². The third kappa shape index (κ3) is 4.99. The topological polar surface area (TPSA) is 84.5 Å². The van der Waals surface area contributed by atoms with Gasteiger partial charge in [0.1, 0.15) is 10.6 Å². The van der Waals surface area contributed by atoms with Gasteiger partial charge in [0, 0.05) is 11.3 Å². The molecule has 0 aliphatic rings. The van der Waals surface area contributed by atoms with E-state index in [1.807, 2.05) is 56.3 Å². The van der Waals surface area contributed by atoms with Gasteiger partial charge in [-0.05, 0) is 49.7 Å². The van der Waals surface area contributed by atoms with E-state index in [0.717, 1.165) is 11.1 Å². The fourth-order valence-corrected chi connectivity index (χ4v) is 4.22. The van der Waals surface area contributed by atoms with E-state index in [2.05, 4.69) is 10.0 Å². The zero-order valence-electron chi connectivity index (χ0n) is 17.0. The number of sulfonamides is 1. The van der Waals surface area contributed by atoms with Crippen LogP contribution in [0.5, 0.6) is 5.75 Å². The van der Waals surface area contributed by atoms with Crippen LogP contribution in [0.4, 0.5) is 5.69 Å². The van der Waals surface area contributed by atoms with Crippen molar-refractivity contribution >= 4 is 21.6 Å². The van der Waals surface area contributed by atoms with Crippen molar-refractivity contribution in [1.82, 2.24) is 5.32 Å². The minimum atomic E-state index is -3.96. The fourth-order valence-electron chi connectivity index (χ4n) is 2.96. The van der Waals surface area contributed by atoms with E-state index >= 15 is 0 Å². The average molecular weight is 425 g/mol. The molecule has 1 atom stereocenters. The molecule has 0 bridgehead atoms. The second kappa shape index (κ2) is 9.00. The normalized spacial score (nSPS) is 12.1.